The zero-order valence-electron chi connectivity index (χ0n) is 12.3. The van der Waals surface area contributed by atoms with E-state index in [-0.39, 0.29) is 11.0 Å². The van der Waals surface area contributed by atoms with Crippen molar-refractivity contribution in [3.05, 3.63) is 23.8 Å². The van der Waals surface area contributed by atoms with E-state index < -0.39 is 0 Å². The molecule has 0 aromatic heterocycles. The summed E-state index contributed by atoms with van der Waals surface area (Å²) in [6.45, 7) is 10.9. The topological polar surface area (TPSA) is 44.5 Å². The minimum absolute atomic E-state index is 0.00540. The van der Waals surface area contributed by atoms with Gasteiger partial charge in [-0.2, -0.15) is 0 Å². The van der Waals surface area contributed by atoms with Crippen LogP contribution in [0, 0.1) is 0 Å². The summed E-state index contributed by atoms with van der Waals surface area (Å²) in [5.74, 6) is 1.72. The average Bonchev–Trinajstić information content (AvgIpc) is 2.27. The second-order valence-corrected chi connectivity index (χ2v) is 6.18. The quantitative estimate of drug-likeness (QED) is 0.894. The lowest BCUT2D eigenvalue weighted by Gasteiger charge is -2.30. The van der Waals surface area contributed by atoms with Gasteiger partial charge in [0.1, 0.15) is 17.1 Å². The highest BCUT2D eigenvalue weighted by Gasteiger charge is 2.24. The molecule has 0 fully saturated rings. The van der Waals surface area contributed by atoms with E-state index in [2.05, 4.69) is 20.8 Å². The van der Waals surface area contributed by atoms with Gasteiger partial charge in [-0.15, -0.1) is 0 Å². The van der Waals surface area contributed by atoms with Gasteiger partial charge in [-0.05, 0) is 37.5 Å². The molecule has 1 aromatic rings. The van der Waals surface area contributed by atoms with Gasteiger partial charge in [0.15, 0.2) is 0 Å². The van der Waals surface area contributed by atoms with Crippen LogP contribution in [0.5, 0.6) is 11.5 Å². The van der Waals surface area contributed by atoms with Crippen molar-refractivity contribution in [1.82, 2.24) is 0 Å². The Balaban J connectivity index is 3.19. The van der Waals surface area contributed by atoms with Crippen molar-refractivity contribution in [3.63, 3.8) is 0 Å². The molecule has 0 aliphatic rings. The Morgan fingerprint density at radius 1 is 1.11 bits per heavy atom. The van der Waals surface area contributed by atoms with Gasteiger partial charge in [0.05, 0.1) is 7.11 Å². The normalized spacial score (nSPS) is 12.4. The molecule has 0 aliphatic carbocycles. The fourth-order valence-corrected chi connectivity index (χ4v) is 1.65. The van der Waals surface area contributed by atoms with Crippen LogP contribution in [-0.4, -0.2) is 19.3 Å². The van der Waals surface area contributed by atoms with Gasteiger partial charge in [-0.1, -0.05) is 20.8 Å². The summed E-state index contributed by atoms with van der Waals surface area (Å²) < 4.78 is 11.3. The van der Waals surface area contributed by atoms with Gasteiger partial charge in [0, 0.05) is 12.1 Å². The smallest absolute Gasteiger partial charge is 0.124 e. The second-order valence-electron chi connectivity index (χ2n) is 6.18. The molecule has 0 atom stereocenters. The summed E-state index contributed by atoms with van der Waals surface area (Å²) >= 11 is 0. The van der Waals surface area contributed by atoms with Gasteiger partial charge < -0.3 is 15.2 Å². The Labute approximate surface area is 110 Å². The van der Waals surface area contributed by atoms with Crippen molar-refractivity contribution in [2.75, 3.05) is 13.7 Å². The van der Waals surface area contributed by atoms with Crippen molar-refractivity contribution in [2.24, 2.45) is 5.73 Å². The maximum absolute atomic E-state index is 6.03. The van der Waals surface area contributed by atoms with Crippen LogP contribution in [0.25, 0.3) is 0 Å². The zero-order valence-corrected chi connectivity index (χ0v) is 12.3. The monoisotopic (exact) mass is 251 g/mol. The first-order chi connectivity index (χ1) is 8.19. The summed E-state index contributed by atoms with van der Waals surface area (Å²) in [7, 11) is 1.67. The molecule has 102 valence electrons. The maximum atomic E-state index is 6.03. The van der Waals surface area contributed by atoms with E-state index in [1.807, 2.05) is 32.0 Å². The van der Waals surface area contributed by atoms with E-state index in [0.29, 0.717) is 6.54 Å². The lowest BCUT2D eigenvalue weighted by atomic mass is 9.86. The minimum Gasteiger partial charge on any atom is -0.497 e. The Hall–Kier alpha value is -1.22. The fourth-order valence-electron chi connectivity index (χ4n) is 1.65. The first kappa shape index (κ1) is 14.8. The van der Waals surface area contributed by atoms with Crippen LogP contribution in [0.15, 0.2) is 18.2 Å². The number of ether oxygens (including phenoxy) is 2. The van der Waals surface area contributed by atoms with Gasteiger partial charge in [0.25, 0.3) is 0 Å². The number of methoxy groups -OCH3 is 1. The molecule has 0 saturated heterocycles. The summed E-state index contributed by atoms with van der Waals surface area (Å²) in [6.07, 6.45) is 0. The minimum atomic E-state index is -0.366. The van der Waals surface area contributed by atoms with Crippen LogP contribution in [0.4, 0.5) is 0 Å². The predicted molar refractivity (Wildman–Crippen MR) is 75.5 cm³/mol. The van der Waals surface area contributed by atoms with Crippen molar-refractivity contribution in [2.45, 2.75) is 45.6 Å². The molecule has 0 saturated carbocycles. The maximum Gasteiger partial charge on any atom is 0.124 e. The summed E-state index contributed by atoms with van der Waals surface area (Å²) in [5.41, 5.74) is 6.48. The van der Waals surface area contributed by atoms with E-state index in [1.165, 1.54) is 0 Å². The highest BCUT2D eigenvalue weighted by molar-refractivity contribution is 5.44. The second kappa shape index (κ2) is 5.19. The van der Waals surface area contributed by atoms with E-state index in [0.717, 1.165) is 17.1 Å². The highest BCUT2D eigenvalue weighted by Crippen LogP contribution is 2.35. The average molecular weight is 251 g/mol. The lowest BCUT2D eigenvalue weighted by Crippen LogP contribution is -2.37. The molecule has 0 aliphatic heterocycles. The molecule has 0 spiro atoms. The van der Waals surface area contributed by atoms with E-state index in [1.54, 1.807) is 7.11 Å². The van der Waals surface area contributed by atoms with Crippen LogP contribution in [0.3, 0.4) is 0 Å². The Morgan fingerprint density at radius 3 is 2.17 bits per heavy atom. The third-order valence-electron chi connectivity index (χ3n) is 2.87. The third kappa shape index (κ3) is 3.64. The van der Waals surface area contributed by atoms with Crippen molar-refractivity contribution in [1.29, 1.82) is 0 Å². The Kier molecular flexibility index (Phi) is 4.28. The van der Waals surface area contributed by atoms with Crippen molar-refractivity contribution in [3.8, 4) is 11.5 Å². The number of benzene rings is 1. The molecular formula is C15H25NO2. The molecule has 3 nitrogen and oxygen atoms in total. The van der Waals surface area contributed by atoms with Crippen molar-refractivity contribution < 1.29 is 9.47 Å². The molecule has 1 rings (SSSR count). The van der Waals surface area contributed by atoms with Gasteiger partial charge in [0.2, 0.25) is 0 Å². The number of hydrogen-bond donors (Lipinski definition) is 1. The van der Waals surface area contributed by atoms with Crippen molar-refractivity contribution >= 4 is 0 Å². The van der Waals surface area contributed by atoms with Crippen LogP contribution >= 0.6 is 0 Å². The predicted octanol–water partition coefficient (Wildman–Crippen LogP) is 3.11. The molecule has 0 radical (unpaired) electrons. The summed E-state index contributed by atoms with van der Waals surface area (Å²) in [5, 5.41) is 0. The van der Waals surface area contributed by atoms with E-state index >= 15 is 0 Å². The van der Waals surface area contributed by atoms with Gasteiger partial charge >= 0.3 is 0 Å². The molecule has 0 bridgehead atoms. The molecule has 1 aromatic carbocycles. The molecule has 2 N–H and O–H groups in total. The molecular weight excluding hydrogens is 226 g/mol. The highest BCUT2D eigenvalue weighted by atomic mass is 16.5. The molecule has 18 heavy (non-hydrogen) atoms. The van der Waals surface area contributed by atoms with Gasteiger partial charge in [-0.3, -0.25) is 0 Å². The molecule has 3 heteroatoms. The van der Waals surface area contributed by atoms with Gasteiger partial charge in [-0.25, -0.2) is 0 Å². The zero-order chi connectivity index (χ0) is 14.0. The number of rotatable bonds is 4. The van der Waals surface area contributed by atoms with E-state index in [4.69, 9.17) is 15.2 Å². The first-order valence-electron chi connectivity index (χ1n) is 6.27. The Bertz CT molecular complexity index is 405. The summed E-state index contributed by atoms with van der Waals surface area (Å²) in [6, 6.07) is 5.90. The van der Waals surface area contributed by atoms with E-state index in [9.17, 15) is 0 Å². The molecule has 0 heterocycles. The fraction of sp³-hybridized carbons (Fsp3) is 0.600. The van der Waals surface area contributed by atoms with Crippen LogP contribution in [-0.2, 0) is 5.41 Å². The lowest BCUT2D eigenvalue weighted by molar-refractivity contribution is 0.116. The first-order valence-corrected chi connectivity index (χ1v) is 6.27. The van der Waals surface area contributed by atoms with Crippen LogP contribution < -0.4 is 15.2 Å². The van der Waals surface area contributed by atoms with Crippen LogP contribution in [0.2, 0.25) is 0 Å². The molecule has 0 amide bonds. The number of nitrogens with two attached hydrogens (primary N) is 1. The molecule has 0 unspecified atom stereocenters. The largest absolute Gasteiger partial charge is 0.497 e. The summed E-state index contributed by atoms with van der Waals surface area (Å²) in [4.78, 5) is 0. The standard InChI is InChI=1S/C15H25NO2/c1-14(2,3)12-9-11(17-6)7-8-13(12)18-15(4,5)10-16/h7-9H,10,16H2,1-6H3. The SMILES string of the molecule is COc1ccc(OC(C)(C)CN)c(C(C)(C)C)c1. The van der Waals surface area contributed by atoms with Crippen LogP contribution in [0.1, 0.15) is 40.2 Å². The Morgan fingerprint density at radius 2 is 1.72 bits per heavy atom. The third-order valence-corrected chi connectivity index (χ3v) is 2.87. The number of hydrogen-bond acceptors (Lipinski definition) is 3.